The van der Waals surface area contributed by atoms with Crippen molar-refractivity contribution in [2.75, 3.05) is 13.7 Å². The fraction of sp³-hybridized carbons (Fsp3) is 0.185. The standard InChI is InChI=1S/C27H23Cl2N3O4/c1-35-22-13-7-11-18(24(22)29)23-25(33)31(14-20(30)16-8-3-2-4-9-16)27(34)32-21(15-36-26(23)32)17-10-5-6-12-19(17)28/h2-13,20-21H,14-15,30H2,1H3. The van der Waals surface area contributed by atoms with Crippen LogP contribution in [0.2, 0.25) is 10.0 Å². The lowest BCUT2D eigenvalue weighted by Gasteiger charge is -2.19. The number of benzene rings is 3. The third kappa shape index (κ3) is 4.09. The molecule has 36 heavy (non-hydrogen) atoms. The van der Waals surface area contributed by atoms with Crippen molar-refractivity contribution < 1.29 is 9.47 Å². The van der Waals surface area contributed by atoms with Crippen molar-refractivity contribution in [3.8, 4) is 22.8 Å². The number of ether oxygens (including phenoxy) is 2. The van der Waals surface area contributed by atoms with Gasteiger partial charge in [-0.05, 0) is 23.3 Å². The van der Waals surface area contributed by atoms with Gasteiger partial charge < -0.3 is 15.2 Å². The van der Waals surface area contributed by atoms with Crippen LogP contribution in [0.25, 0.3) is 11.1 Å². The molecule has 9 heteroatoms. The highest BCUT2D eigenvalue weighted by molar-refractivity contribution is 6.35. The van der Waals surface area contributed by atoms with Gasteiger partial charge in [0.1, 0.15) is 24.0 Å². The van der Waals surface area contributed by atoms with Crippen molar-refractivity contribution in [2.24, 2.45) is 5.73 Å². The molecule has 7 nitrogen and oxygen atoms in total. The van der Waals surface area contributed by atoms with Crippen molar-refractivity contribution in [3.63, 3.8) is 0 Å². The molecule has 0 saturated carbocycles. The second kappa shape index (κ2) is 9.85. The minimum Gasteiger partial charge on any atom is -0.495 e. The molecule has 2 heterocycles. The first-order valence-corrected chi connectivity index (χ1v) is 12.1. The van der Waals surface area contributed by atoms with Crippen molar-refractivity contribution in [1.82, 2.24) is 9.13 Å². The molecule has 0 fully saturated rings. The smallest absolute Gasteiger partial charge is 0.334 e. The van der Waals surface area contributed by atoms with Crippen LogP contribution in [0.5, 0.6) is 11.6 Å². The van der Waals surface area contributed by atoms with Crippen LogP contribution in [0.3, 0.4) is 0 Å². The van der Waals surface area contributed by atoms with Gasteiger partial charge in [-0.25, -0.2) is 4.79 Å². The number of fused-ring (bicyclic) bond motifs is 1. The molecule has 0 radical (unpaired) electrons. The van der Waals surface area contributed by atoms with Gasteiger partial charge in [0, 0.05) is 16.6 Å². The first kappa shape index (κ1) is 24.2. The fourth-order valence-corrected chi connectivity index (χ4v) is 5.09. The maximum Gasteiger partial charge on any atom is 0.334 e. The minimum absolute atomic E-state index is 0.0359. The average molecular weight is 524 g/mol. The quantitative estimate of drug-likeness (QED) is 0.396. The Balaban J connectivity index is 1.77. The Labute approximate surface area is 217 Å². The summed E-state index contributed by atoms with van der Waals surface area (Å²) in [7, 11) is 1.49. The Bertz CT molecular complexity index is 1550. The Morgan fingerprint density at radius 1 is 1.03 bits per heavy atom. The first-order chi connectivity index (χ1) is 17.4. The van der Waals surface area contributed by atoms with Crippen molar-refractivity contribution in [2.45, 2.75) is 18.6 Å². The molecule has 2 atom stereocenters. The van der Waals surface area contributed by atoms with Crippen LogP contribution >= 0.6 is 23.2 Å². The number of rotatable bonds is 6. The number of hydrogen-bond donors (Lipinski definition) is 1. The highest BCUT2D eigenvalue weighted by Gasteiger charge is 2.35. The molecule has 0 spiro atoms. The predicted octanol–water partition coefficient (Wildman–Crippen LogP) is 4.67. The van der Waals surface area contributed by atoms with E-state index in [0.29, 0.717) is 21.9 Å². The van der Waals surface area contributed by atoms with Crippen LogP contribution < -0.4 is 26.5 Å². The van der Waals surface area contributed by atoms with E-state index in [0.717, 1.165) is 10.1 Å². The van der Waals surface area contributed by atoms with E-state index >= 15 is 0 Å². The molecule has 0 saturated heterocycles. The number of hydrogen-bond acceptors (Lipinski definition) is 5. The summed E-state index contributed by atoms with van der Waals surface area (Å²) in [4.78, 5) is 27.7. The Kier molecular flexibility index (Phi) is 6.62. The summed E-state index contributed by atoms with van der Waals surface area (Å²) in [5, 5.41) is 0.729. The zero-order chi connectivity index (χ0) is 25.4. The summed E-state index contributed by atoms with van der Waals surface area (Å²) in [5.41, 5.74) is 7.42. The Hall–Kier alpha value is -3.52. The van der Waals surface area contributed by atoms with Crippen LogP contribution in [0.4, 0.5) is 0 Å². The average Bonchev–Trinajstić information content (AvgIpc) is 3.33. The summed E-state index contributed by atoms with van der Waals surface area (Å²) in [6.45, 7) is 0.0908. The first-order valence-electron chi connectivity index (χ1n) is 11.3. The summed E-state index contributed by atoms with van der Waals surface area (Å²) in [6.07, 6.45) is 0. The molecule has 1 aromatic heterocycles. The number of nitrogens with zero attached hydrogens (tertiary/aromatic N) is 2. The van der Waals surface area contributed by atoms with E-state index in [1.165, 1.54) is 11.7 Å². The van der Waals surface area contributed by atoms with Gasteiger partial charge in [-0.15, -0.1) is 0 Å². The van der Waals surface area contributed by atoms with E-state index in [9.17, 15) is 9.59 Å². The second-order valence-electron chi connectivity index (χ2n) is 8.44. The largest absolute Gasteiger partial charge is 0.495 e. The van der Waals surface area contributed by atoms with E-state index in [-0.39, 0.29) is 29.6 Å². The molecule has 5 rings (SSSR count). The van der Waals surface area contributed by atoms with E-state index in [4.69, 9.17) is 38.4 Å². The summed E-state index contributed by atoms with van der Waals surface area (Å²) in [6, 6.07) is 20.5. The third-order valence-electron chi connectivity index (χ3n) is 6.34. The van der Waals surface area contributed by atoms with Gasteiger partial charge >= 0.3 is 5.69 Å². The van der Waals surface area contributed by atoms with Crippen LogP contribution in [0.15, 0.2) is 82.4 Å². The molecule has 2 unspecified atom stereocenters. The molecular weight excluding hydrogens is 501 g/mol. The van der Waals surface area contributed by atoms with Crippen LogP contribution in [0, 0.1) is 0 Å². The van der Waals surface area contributed by atoms with Gasteiger partial charge in [0.25, 0.3) is 5.56 Å². The molecule has 184 valence electrons. The molecule has 1 aliphatic heterocycles. The minimum atomic E-state index is -0.593. The summed E-state index contributed by atoms with van der Waals surface area (Å²) < 4.78 is 14.0. The number of nitrogens with two attached hydrogens (primary N) is 1. The molecular formula is C27H23Cl2N3O4. The topological polar surface area (TPSA) is 88.5 Å². The molecule has 0 amide bonds. The van der Waals surface area contributed by atoms with E-state index < -0.39 is 23.3 Å². The zero-order valence-corrected chi connectivity index (χ0v) is 20.9. The third-order valence-corrected chi connectivity index (χ3v) is 7.08. The van der Waals surface area contributed by atoms with Crippen molar-refractivity contribution >= 4 is 23.2 Å². The van der Waals surface area contributed by atoms with Crippen LogP contribution in [-0.4, -0.2) is 22.9 Å². The number of methoxy groups -OCH3 is 1. The maximum absolute atomic E-state index is 13.9. The lowest BCUT2D eigenvalue weighted by atomic mass is 10.1. The van der Waals surface area contributed by atoms with E-state index in [1.807, 2.05) is 48.5 Å². The number of aromatic nitrogens is 2. The molecule has 4 aromatic rings. The molecule has 0 bridgehead atoms. The lowest BCUT2D eigenvalue weighted by Crippen LogP contribution is -2.43. The van der Waals surface area contributed by atoms with Gasteiger partial charge in [0.05, 0.1) is 18.7 Å². The van der Waals surface area contributed by atoms with Crippen molar-refractivity contribution in [3.05, 3.63) is 115 Å². The van der Waals surface area contributed by atoms with Crippen LogP contribution in [-0.2, 0) is 6.54 Å². The molecule has 0 aliphatic carbocycles. The monoisotopic (exact) mass is 523 g/mol. The Morgan fingerprint density at radius 3 is 2.47 bits per heavy atom. The normalized spacial score (nSPS) is 15.3. The SMILES string of the molecule is COc1cccc(-c2c3n(c(=O)n(CC(N)c4ccccc4)c2=O)C(c2ccccc2Cl)CO3)c1Cl. The number of halogens is 2. The van der Waals surface area contributed by atoms with Crippen LogP contribution in [0.1, 0.15) is 23.2 Å². The molecule has 3 aromatic carbocycles. The highest BCUT2D eigenvalue weighted by atomic mass is 35.5. The second-order valence-corrected chi connectivity index (χ2v) is 9.22. The predicted molar refractivity (Wildman–Crippen MR) is 140 cm³/mol. The highest BCUT2D eigenvalue weighted by Crippen LogP contribution is 2.41. The fourth-order valence-electron chi connectivity index (χ4n) is 4.53. The van der Waals surface area contributed by atoms with Gasteiger partial charge in [-0.1, -0.05) is 83.9 Å². The van der Waals surface area contributed by atoms with E-state index in [2.05, 4.69) is 0 Å². The molecule has 1 aliphatic rings. The lowest BCUT2D eigenvalue weighted by molar-refractivity contribution is 0.343. The van der Waals surface area contributed by atoms with Gasteiger partial charge in [0.2, 0.25) is 5.88 Å². The van der Waals surface area contributed by atoms with E-state index in [1.54, 1.807) is 24.3 Å². The van der Waals surface area contributed by atoms with Gasteiger partial charge in [-0.3, -0.25) is 13.9 Å². The maximum atomic E-state index is 13.9. The molecule has 2 N–H and O–H groups in total. The van der Waals surface area contributed by atoms with Gasteiger partial charge in [-0.2, -0.15) is 0 Å². The summed E-state index contributed by atoms with van der Waals surface area (Å²) in [5.74, 6) is 0.529. The van der Waals surface area contributed by atoms with Crippen molar-refractivity contribution in [1.29, 1.82) is 0 Å². The Morgan fingerprint density at radius 2 is 1.75 bits per heavy atom. The summed E-state index contributed by atoms with van der Waals surface area (Å²) >= 11 is 13.1. The van der Waals surface area contributed by atoms with Gasteiger partial charge in [0.15, 0.2) is 0 Å². The zero-order valence-electron chi connectivity index (χ0n) is 19.4.